The number of hydrogen-bond donors (Lipinski definition) is 1. The van der Waals surface area contributed by atoms with Gasteiger partial charge in [-0.25, -0.2) is 0 Å². The Morgan fingerprint density at radius 3 is 2.89 bits per heavy atom. The fraction of sp³-hybridized carbons (Fsp3) is 0.182. The van der Waals surface area contributed by atoms with Crippen molar-refractivity contribution >= 4 is 35.2 Å². The molecule has 3 rings (SSSR count). The van der Waals surface area contributed by atoms with E-state index in [0.29, 0.717) is 16.5 Å². The average molecular weight is 281 g/mol. The molecule has 1 aliphatic heterocycles. The zero-order chi connectivity index (χ0) is 12.5. The molecule has 0 saturated heterocycles. The Morgan fingerprint density at radius 1 is 1.33 bits per heavy atom. The molecule has 1 N–H and O–H groups in total. The van der Waals surface area contributed by atoms with Crippen LogP contribution in [0.3, 0.4) is 0 Å². The van der Waals surface area contributed by atoms with Crippen molar-refractivity contribution in [2.75, 3.05) is 11.1 Å². The van der Waals surface area contributed by atoms with Crippen molar-refractivity contribution < 1.29 is 4.79 Å². The van der Waals surface area contributed by atoms with E-state index in [1.165, 1.54) is 0 Å². The van der Waals surface area contributed by atoms with E-state index < -0.39 is 0 Å². The number of hydrogen-bond acceptors (Lipinski definition) is 4. The molecule has 1 aromatic heterocycles. The second kappa shape index (κ2) is 4.62. The van der Waals surface area contributed by atoms with Crippen molar-refractivity contribution in [1.82, 2.24) is 14.8 Å². The number of amides is 1. The number of nitrogens with zero attached hydrogens (tertiary/aromatic N) is 3. The van der Waals surface area contributed by atoms with E-state index in [-0.39, 0.29) is 5.91 Å². The lowest BCUT2D eigenvalue weighted by Crippen LogP contribution is -2.15. The third-order valence-electron chi connectivity index (χ3n) is 2.59. The van der Waals surface area contributed by atoms with Gasteiger partial charge in [0.05, 0.1) is 0 Å². The van der Waals surface area contributed by atoms with Gasteiger partial charge >= 0.3 is 0 Å². The Morgan fingerprint density at radius 2 is 2.11 bits per heavy atom. The van der Waals surface area contributed by atoms with Gasteiger partial charge in [0.25, 0.3) is 5.91 Å². The highest BCUT2D eigenvalue weighted by molar-refractivity contribution is 7.99. The van der Waals surface area contributed by atoms with E-state index >= 15 is 0 Å². The highest BCUT2D eigenvalue weighted by Gasteiger charge is 2.19. The summed E-state index contributed by atoms with van der Waals surface area (Å²) in [7, 11) is 0. The van der Waals surface area contributed by atoms with Gasteiger partial charge in [-0.2, -0.15) is 0 Å². The summed E-state index contributed by atoms with van der Waals surface area (Å²) in [5.41, 5.74) is 0.544. The molecular formula is C11H9ClN4OS. The first kappa shape index (κ1) is 11.6. The summed E-state index contributed by atoms with van der Waals surface area (Å²) in [5, 5.41) is 12.2. The SMILES string of the molecule is O=C(Nc1nnc2n1CCS2)c1ccc(Cl)cc1. The molecule has 0 unspecified atom stereocenters. The van der Waals surface area contributed by atoms with Crippen LogP contribution in [0.5, 0.6) is 0 Å². The first-order valence-electron chi connectivity index (χ1n) is 5.37. The number of thioether (sulfide) groups is 1. The smallest absolute Gasteiger partial charge is 0.258 e. The normalized spacial score (nSPS) is 13.4. The quantitative estimate of drug-likeness (QED) is 0.917. The van der Waals surface area contributed by atoms with Crippen molar-refractivity contribution in [3.05, 3.63) is 34.9 Å². The fourth-order valence-corrected chi connectivity index (χ4v) is 2.71. The largest absolute Gasteiger partial charge is 0.290 e. The van der Waals surface area contributed by atoms with Crippen molar-refractivity contribution in [1.29, 1.82) is 0 Å². The molecule has 2 aromatic rings. The fourth-order valence-electron chi connectivity index (χ4n) is 1.69. The number of benzene rings is 1. The monoisotopic (exact) mass is 280 g/mol. The molecule has 1 aliphatic rings. The molecule has 92 valence electrons. The average Bonchev–Trinajstić information content (AvgIpc) is 2.95. The second-order valence-electron chi connectivity index (χ2n) is 3.77. The molecule has 0 bridgehead atoms. The summed E-state index contributed by atoms with van der Waals surface area (Å²) >= 11 is 7.41. The van der Waals surface area contributed by atoms with Crippen LogP contribution in [0.4, 0.5) is 5.95 Å². The van der Waals surface area contributed by atoms with Gasteiger partial charge in [0.2, 0.25) is 5.95 Å². The zero-order valence-electron chi connectivity index (χ0n) is 9.26. The summed E-state index contributed by atoms with van der Waals surface area (Å²) in [6.07, 6.45) is 0. The van der Waals surface area contributed by atoms with Crippen LogP contribution in [0.15, 0.2) is 29.4 Å². The van der Waals surface area contributed by atoms with Crippen LogP contribution in [-0.2, 0) is 6.54 Å². The van der Waals surface area contributed by atoms with Crippen molar-refractivity contribution in [2.24, 2.45) is 0 Å². The topological polar surface area (TPSA) is 59.8 Å². The van der Waals surface area contributed by atoms with E-state index in [9.17, 15) is 4.79 Å². The highest BCUT2D eigenvalue weighted by atomic mass is 35.5. The lowest BCUT2D eigenvalue weighted by molar-refractivity contribution is 0.102. The van der Waals surface area contributed by atoms with E-state index in [4.69, 9.17) is 11.6 Å². The molecule has 0 aliphatic carbocycles. The summed E-state index contributed by atoms with van der Waals surface area (Å²) in [4.78, 5) is 12.0. The van der Waals surface area contributed by atoms with Gasteiger partial charge in [-0.1, -0.05) is 23.4 Å². The van der Waals surface area contributed by atoms with Crippen LogP contribution in [-0.4, -0.2) is 26.4 Å². The molecule has 2 heterocycles. The summed E-state index contributed by atoms with van der Waals surface area (Å²) in [5.74, 6) is 1.25. The number of carbonyl (C=O) groups is 1. The van der Waals surface area contributed by atoms with Gasteiger partial charge in [-0.05, 0) is 24.3 Å². The Bertz CT molecular complexity index is 596. The third kappa shape index (κ3) is 2.09. The summed E-state index contributed by atoms with van der Waals surface area (Å²) in [6.45, 7) is 0.823. The molecule has 5 nitrogen and oxygen atoms in total. The van der Waals surface area contributed by atoms with Gasteiger partial charge in [-0.3, -0.25) is 14.7 Å². The molecule has 0 fully saturated rings. The maximum atomic E-state index is 12.0. The first-order chi connectivity index (χ1) is 8.74. The van der Waals surface area contributed by atoms with Crippen LogP contribution in [0.1, 0.15) is 10.4 Å². The van der Waals surface area contributed by atoms with Crippen molar-refractivity contribution in [2.45, 2.75) is 11.7 Å². The molecule has 18 heavy (non-hydrogen) atoms. The Balaban J connectivity index is 1.80. The van der Waals surface area contributed by atoms with E-state index in [2.05, 4.69) is 15.5 Å². The molecular weight excluding hydrogens is 272 g/mol. The first-order valence-corrected chi connectivity index (χ1v) is 6.73. The molecule has 1 amide bonds. The molecule has 0 radical (unpaired) electrons. The number of aromatic nitrogens is 3. The molecule has 1 aromatic carbocycles. The van der Waals surface area contributed by atoms with Crippen molar-refractivity contribution in [3.63, 3.8) is 0 Å². The number of nitrogens with one attached hydrogen (secondary N) is 1. The maximum Gasteiger partial charge on any atom is 0.258 e. The number of carbonyl (C=O) groups excluding carboxylic acids is 1. The van der Waals surface area contributed by atoms with Crippen LogP contribution < -0.4 is 5.32 Å². The Labute approximate surface area is 113 Å². The van der Waals surface area contributed by atoms with Gasteiger partial charge in [-0.15, -0.1) is 10.2 Å². The maximum absolute atomic E-state index is 12.0. The number of halogens is 1. The predicted octanol–water partition coefficient (Wildman–Crippen LogP) is 2.29. The minimum absolute atomic E-state index is 0.209. The lowest BCUT2D eigenvalue weighted by Gasteiger charge is -2.04. The van der Waals surface area contributed by atoms with Crippen LogP contribution in [0.25, 0.3) is 0 Å². The van der Waals surface area contributed by atoms with Crippen LogP contribution >= 0.6 is 23.4 Å². The number of rotatable bonds is 2. The highest BCUT2D eigenvalue weighted by Crippen LogP contribution is 2.26. The van der Waals surface area contributed by atoms with Gasteiger partial charge < -0.3 is 0 Å². The predicted molar refractivity (Wildman–Crippen MR) is 70.2 cm³/mol. The van der Waals surface area contributed by atoms with E-state index in [1.807, 2.05) is 4.57 Å². The minimum atomic E-state index is -0.209. The molecule has 0 saturated carbocycles. The standard InChI is InChI=1S/C11H9ClN4OS/c12-8-3-1-7(2-4-8)9(17)13-10-14-15-11-16(10)5-6-18-11/h1-4H,5-6H2,(H,13,14,17). The summed E-state index contributed by atoms with van der Waals surface area (Å²) in [6, 6.07) is 6.71. The molecule has 0 spiro atoms. The Hall–Kier alpha value is -1.53. The summed E-state index contributed by atoms with van der Waals surface area (Å²) < 4.78 is 1.90. The number of fused-ring (bicyclic) bond motifs is 1. The van der Waals surface area contributed by atoms with Gasteiger partial charge in [0.15, 0.2) is 5.16 Å². The van der Waals surface area contributed by atoms with Gasteiger partial charge in [0, 0.05) is 22.9 Å². The third-order valence-corrected chi connectivity index (χ3v) is 3.79. The van der Waals surface area contributed by atoms with E-state index in [0.717, 1.165) is 17.5 Å². The van der Waals surface area contributed by atoms with Crippen LogP contribution in [0, 0.1) is 0 Å². The van der Waals surface area contributed by atoms with Gasteiger partial charge in [0.1, 0.15) is 0 Å². The van der Waals surface area contributed by atoms with Crippen molar-refractivity contribution in [3.8, 4) is 0 Å². The minimum Gasteiger partial charge on any atom is -0.290 e. The zero-order valence-corrected chi connectivity index (χ0v) is 10.8. The molecule has 7 heteroatoms. The Kier molecular flexibility index (Phi) is 2.97. The van der Waals surface area contributed by atoms with E-state index in [1.54, 1.807) is 36.0 Å². The second-order valence-corrected chi connectivity index (χ2v) is 5.27. The molecule has 0 atom stereocenters. The number of anilines is 1. The lowest BCUT2D eigenvalue weighted by atomic mass is 10.2. The van der Waals surface area contributed by atoms with Crippen LogP contribution in [0.2, 0.25) is 5.02 Å².